The molecule has 0 radical (unpaired) electrons. The zero-order valence-electron chi connectivity index (χ0n) is 15.1. The van der Waals surface area contributed by atoms with Gasteiger partial charge in [0, 0.05) is 12.2 Å². The lowest BCUT2D eigenvalue weighted by molar-refractivity contribution is 0.0552. The lowest BCUT2D eigenvalue weighted by atomic mass is 10.0. The lowest BCUT2D eigenvalue weighted by Crippen LogP contribution is -2.37. The Kier molecular flexibility index (Phi) is 5.05. The molecule has 0 fully saturated rings. The maximum absolute atomic E-state index is 12.0. The summed E-state index contributed by atoms with van der Waals surface area (Å²) in [4.78, 5) is 31.2. The molecule has 0 saturated carbocycles. The van der Waals surface area contributed by atoms with E-state index in [1.165, 1.54) is 0 Å². The second-order valence-corrected chi connectivity index (χ2v) is 6.53. The fraction of sp³-hybridized carbons (Fsp3) is 0.250. The van der Waals surface area contributed by atoms with Crippen molar-refractivity contribution in [2.24, 2.45) is 0 Å². The molecule has 1 aliphatic rings. The molecule has 3 aromatic rings. The average Bonchev–Trinajstić information content (AvgIpc) is 3.19. The van der Waals surface area contributed by atoms with Gasteiger partial charge in [0.05, 0.1) is 36.7 Å². The van der Waals surface area contributed by atoms with Gasteiger partial charge in [-0.15, -0.1) is 0 Å². The van der Waals surface area contributed by atoms with E-state index < -0.39 is 10.9 Å². The van der Waals surface area contributed by atoms with Crippen molar-refractivity contribution in [3.8, 4) is 0 Å². The highest BCUT2D eigenvalue weighted by Gasteiger charge is 2.21. The van der Waals surface area contributed by atoms with Gasteiger partial charge in [-0.05, 0) is 30.2 Å². The first kappa shape index (κ1) is 18.1. The molecule has 144 valence electrons. The van der Waals surface area contributed by atoms with E-state index in [9.17, 15) is 9.59 Å². The van der Waals surface area contributed by atoms with Crippen LogP contribution in [0.1, 0.15) is 6.42 Å². The number of hydrogen-bond donors (Lipinski definition) is 4. The molecule has 4 N–H and O–H groups in total. The number of aromatic amines is 1. The average molecular weight is 380 g/mol. The number of fused-ring (bicyclic) bond motifs is 1. The predicted octanol–water partition coefficient (Wildman–Crippen LogP) is 1.58. The highest BCUT2D eigenvalue weighted by Crippen LogP contribution is 2.24. The molecule has 0 saturated heterocycles. The van der Waals surface area contributed by atoms with Gasteiger partial charge >= 0.3 is 0 Å². The van der Waals surface area contributed by atoms with Crippen molar-refractivity contribution in [2.75, 3.05) is 30.4 Å². The van der Waals surface area contributed by atoms with Gasteiger partial charge in [0.2, 0.25) is 0 Å². The van der Waals surface area contributed by atoms with Gasteiger partial charge in [-0.1, -0.05) is 18.2 Å². The second-order valence-electron chi connectivity index (χ2n) is 6.53. The largest absolute Gasteiger partial charge is 0.394 e. The van der Waals surface area contributed by atoms with E-state index in [4.69, 9.17) is 9.84 Å². The topological polar surface area (TPSA) is 116 Å². The third-order valence-corrected chi connectivity index (χ3v) is 4.59. The van der Waals surface area contributed by atoms with E-state index in [0.717, 1.165) is 23.0 Å². The minimum absolute atomic E-state index is 0.0236. The molecule has 1 aromatic heterocycles. The van der Waals surface area contributed by atoms with Crippen LogP contribution in [0, 0.1) is 0 Å². The quantitative estimate of drug-likeness (QED) is 0.438. The molecule has 0 spiro atoms. The summed E-state index contributed by atoms with van der Waals surface area (Å²) in [5.74, 6) is 0. The third kappa shape index (κ3) is 3.60. The SMILES string of the molecule is O=c1c(NCC2=CC(OCCO)CC=C2)c(Nc2ccc3[nH]cnc3c2)c1=O. The van der Waals surface area contributed by atoms with Crippen LogP contribution in [0.2, 0.25) is 0 Å². The summed E-state index contributed by atoms with van der Waals surface area (Å²) in [6.45, 7) is 0.653. The normalized spacial score (nSPS) is 16.5. The van der Waals surface area contributed by atoms with Gasteiger partial charge in [-0.3, -0.25) is 9.59 Å². The van der Waals surface area contributed by atoms with Crippen molar-refractivity contribution in [2.45, 2.75) is 12.5 Å². The Bertz CT molecular complexity index is 1120. The lowest BCUT2D eigenvalue weighted by Gasteiger charge is -2.19. The zero-order valence-corrected chi connectivity index (χ0v) is 15.1. The molecule has 1 heterocycles. The molecule has 0 aliphatic heterocycles. The Hall–Kier alpha value is -3.23. The molecule has 2 aromatic carbocycles. The number of aliphatic hydroxyl groups is 1. The van der Waals surface area contributed by atoms with Crippen LogP contribution in [-0.2, 0) is 4.74 Å². The number of nitrogens with one attached hydrogen (secondary N) is 3. The van der Waals surface area contributed by atoms with Crippen LogP contribution in [0.15, 0.2) is 57.9 Å². The smallest absolute Gasteiger partial charge is 0.253 e. The number of imidazole rings is 1. The van der Waals surface area contributed by atoms with Gasteiger partial charge in [0.15, 0.2) is 0 Å². The Morgan fingerprint density at radius 1 is 1.25 bits per heavy atom. The molecular formula is C20H20N4O4. The van der Waals surface area contributed by atoms with Gasteiger partial charge in [-0.25, -0.2) is 4.98 Å². The molecular weight excluding hydrogens is 360 g/mol. The van der Waals surface area contributed by atoms with E-state index in [-0.39, 0.29) is 30.7 Å². The van der Waals surface area contributed by atoms with Crippen LogP contribution in [0.4, 0.5) is 17.1 Å². The number of H-pyrrole nitrogens is 1. The van der Waals surface area contributed by atoms with Crippen LogP contribution in [0.25, 0.3) is 11.0 Å². The third-order valence-electron chi connectivity index (χ3n) is 4.59. The molecule has 1 atom stereocenters. The summed E-state index contributed by atoms with van der Waals surface area (Å²) >= 11 is 0. The van der Waals surface area contributed by atoms with E-state index in [1.807, 2.05) is 36.4 Å². The summed E-state index contributed by atoms with van der Waals surface area (Å²) in [5, 5.41) is 14.9. The van der Waals surface area contributed by atoms with Crippen molar-refractivity contribution in [1.82, 2.24) is 9.97 Å². The van der Waals surface area contributed by atoms with E-state index in [0.29, 0.717) is 12.2 Å². The number of anilines is 3. The Morgan fingerprint density at radius 2 is 2.11 bits per heavy atom. The molecule has 4 rings (SSSR count). The minimum Gasteiger partial charge on any atom is -0.394 e. The number of nitrogens with zero attached hydrogens (tertiary/aromatic N) is 1. The van der Waals surface area contributed by atoms with E-state index >= 15 is 0 Å². The summed E-state index contributed by atoms with van der Waals surface area (Å²) in [5.41, 5.74) is 2.76. The number of ether oxygens (including phenoxy) is 1. The molecule has 28 heavy (non-hydrogen) atoms. The molecule has 1 unspecified atom stereocenters. The first-order valence-corrected chi connectivity index (χ1v) is 9.02. The number of benzene rings is 1. The van der Waals surface area contributed by atoms with Crippen LogP contribution in [-0.4, -0.2) is 40.9 Å². The first-order chi connectivity index (χ1) is 13.7. The Labute approximate surface area is 160 Å². The van der Waals surface area contributed by atoms with E-state index in [2.05, 4.69) is 20.6 Å². The van der Waals surface area contributed by atoms with Crippen molar-refractivity contribution >= 4 is 28.1 Å². The molecule has 8 heteroatoms. The van der Waals surface area contributed by atoms with Crippen molar-refractivity contribution < 1.29 is 9.84 Å². The predicted molar refractivity (Wildman–Crippen MR) is 108 cm³/mol. The standard InChI is InChI=1S/C20H20N4O4/c25-6-7-28-14-3-1-2-12(8-14)10-21-17-18(20(27)19(17)26)24-13-4-5-15-16(9-13)23-11-22-15/h1-2,4-5,8-9,11,14,21,24-25H,3,6-7,10H2,(H,22,23). The zero-order chi connectivity index (χ0) is 19.5. The van der Waals surface area contributed by atoms with Gasteiger partial charge < -0.3 is 25.5 Å². The summed E-state index contributed by atoms with van der Waals surface area (Å²) in [7, 11) is 0. The minimum atomic E-state index is -0.540. The Balaban J connectivity index is 1.45. The maximum Gasteiger partial charge on any atom is 0.253 e. The van der Waals surface area contributed by atoms with Gasteiger partial charge in [0.1, 0.15) is 11.4 Å². The van der Waals surface area contributed by atoms with Crippen LogP contribution >= 0.6 is 0 Å². The van der Waals surface area contributed by atoms with Crippen LogP contribution in [0.3, 0.4) is 0 Å². The van der Waals surface area contributed by atoms with Crippen molar-refractivity contribution in [1.29, 1.82) is 0 Å². The molecule has 1 aliphatic carbocycles. The molecule has 0 amide bonds. The van der Waals surface area contributed by atoms with Crippen LogP contribution in [0.5, 0.6) is 0 Å². The molecule has 0 bridgehead atoms. The number of aliphatic hydroxyl groups excluding tert-OH is 1. The van der Waals surface area contributed by atoms with Gasteiger partial charge in [0.25, 0.3) is 10.9 Å². The summed E-state index contributed by atoms with van der Waals surface area (Å²) in [6, 6.07) is 5.48. The highest BCUT2D eigenvalue weighted by molar-refractivity contribution is 5.84. The maximum atomic E-state index is 12.0. The number of hydrogen-bond acceptors (Lipinski definition) is 7. The first-order valence-electron chi connectivity index (χ1n) is 9.02. The van der Waals surface area contributed by atoms with Crippen molar-refractivity contribution in [3.05, 3.63) is 68.8 Å². The van der Waals surface area contributed by atoms with Crippen molar-refractivity contribution in [3.63, 3.8) is 0 Å². The Morgan fingerprint density at radius 3 is 2.96 bits per heavy atom. The second kappa shape index (κ2) is 7.79. The van der Waals surface area contributed by atoms with E-state index in [1.54, 1.807) is 6.33 Å². The molecule has 8 nitrogen and oxygen atoms in total. The number of aromatic nitrogens is 2. The fourth-order valence-corrected chi connectivity index (χ4v) is 3.18. The number of rotatable bonds is 8. The highest BCUT2D eigenvalue weighted by atomic mass is 16.5. The van der Waals surface area contributed by atoms with Gasteiger partial charge in [-0.2, -0.15) is 0 Å². The monoisotopic (exact) mass is 380 g/mol. The fourth-order valence-electron chi connectivity index (χ4n) is 3.18. The summed E-state index contributed by atoms with van der Waals surface area (Å²) < 4.78 is 5.52. The van der Waals surface area contributed by atoms with Crippen LogP contribution < -0.4 is 21.5 Å². The summed E-state index contributed by atoms with van der Waals surface area (Å²) in [6.07, 6.45) is 8.13.